The average Bonchev–Trinajstić information content (AvgIpc) is 3.12. The second kappa shape index (κ2) is 6.48. The highest BCUT2D eigenvalue weighted by atomic mass is 79.9. The Bertz CT molecular complexity index is 394. The third kappa shape index (κ3) is 4.53. The van der Waals surface area contributed by atoms with Gasteiger partial charge in [0.05, 0.1) is 6.61 Å². The summed E-state index contributed by atoms with van der Waals surface area (Å²) in [5.74, 6) is 2.86. The first-order valence-electron chi connectivity index (χ1n) is 6.51. The Morgan fingerprint density at radius 2 is 2.22 bits per heavy atom. The van der Waals surface area contributed by atoms with E-state index in [1.165, 1.54) is 12.8 Å². The lowest BCUT2D eigenvalue weighted by molar-refractivity contribution is 0.134. The Labute approximate surface area is 117 Å². The van der Waals surface area contributed by atoms with Gasteiger partial charge >= 0.3 is 0 Å². The quantitative estimate of drug-likeness (QED) is 0.620. The summed E-state index contributed by atoms with van der Waals surface area (Å²) in [4.78, 5) is 8.81. The summed E-state index contributed by atoms with van der Waals surface area (Å²) in [6.45, 7) is 6.60. The van der Waals surface area contributed by atoms with E-state index < -0.39 is 0 Å². The fraction of sp³-hybridized carbons (Fsp3) is 0.692. The minimum Gasteiger partial charge on any atom is -0.379 e. The number of rotatable bonds is 7. The topological polar surface area (TPSA) is 47.0 Å². The standard InChI is InChI=1S/C13H20BrN3O/c1-9(2)13-16-11(14)7-12(17-13)15-5-6-18-8-10-3-4-10/h7,9-10H,3-6,8H2,1-2H3,(H,15,16,17). The van der Waals surface area contributed by atoms with Crippen LogP contribution in [0.1, 0.15) is 38.4 Å². The Morgan fingerprint density at radius 3 is 2.89 bits per heavy atom. The first-order valence-corrected chi connectivity index (χ1v) is 7.30. The molecule has 0 aromatic carbocycles. The number of anilines is 1. The average molecular weight is 314 g/mol. The molecule has 0 bridgehead atoms. The second-order valence-corrected chi connectivity index (χ2v) is 5.85. The van der Waals surface area contributed by atoms with Crippen molar-refractivity contribution in [3.63, 3.8) is 0 Å². The molecule has 2 rings (SSSR count). The smallest absolute Gasteiger partial charge is 0.134 e. The van der Waals surface area contributed by atoms with E-state index >= 15 is 0 Å². The van der Waals surface area contributed by atoms with Gasteiger partial charge in [0.2, 0.25) is 0 Å². The molecule has 0 saturated heterocycles. The first kappa shape index (κ1) is 13.7. The van der Waals surface area contributed by atoms with Gasteiger partial charge in [-0.2, -0.15) is 0 Å². The van der Waals surface area contributed by atoms with Gasteiger partial charge in [-0.05, 0) is 34.7 Å². The van der Waals surface area contributed by atoms with Crippen LogP contribution in [0.2, 0.25) is 0 Å². The molecule has 0 spiro atoms. The maximum atomic E-state index is 5.57. The van der Waals surface area contributed by atoms with Crippen molar-refractivity contribution in [1.29, 1.82) is 0 Å². The summed E-state index contributed by atoms with van der Waals surface area (Å²) in [6.07, 6.45) is 2.67. The fourth-order valence-corrected chi connectivity index (χ4v) is 1.97. The van der Waals surface area contributed by atoms with E-state index in [0.29, 0.717) is 5.92 Å². The molecule has 1 aromatic heterocycles. The summed E-state index contributed by atoms with van der Waals surface area (Å²) in [5, 5.41) is 3.27. The minimum atomic E-state index is 0.328. The number of nitrogens with one attached hydrogen (secondary N) is 1. The molecule has 1 heterocycles. The van der Waals surface area contributed by atoms with Crippen molar-refractivity contribution < 1.29 is 4.74 Å². The normalized spacial score (nSPS) is 15.1. The largest absolute Gasteiger partial charge is 0.379 e. The number of nitrogens with zero attached hydrogens (tertiary/aromatic N) is 2. The molecule has 1 aliphatic rings. The van der Waals surface area contributed by atoms with E-state index in [9.17, 15) is 0 Å². The molecule has 0 amide bonds. The highest BCUT2D eigenvalue weighted by Crippen LogP contribution is 2.28. The monoisotopic (exact) mass is 313 g/mol. The third-order valence-electron chi connectivity index (χ3n) is 2.83. The predicted octanol–water partition coefficient (Wildman–Crippen LogP) is 3.20. The number of hydrogen-bond acceptors (Lipinski definition) is 4. The number of hydrogen-bond donors (Lipinski definition) is 1. The molecule has 1 fully saturated rings. The minimum absolute atomic E-state index is 0.328. The molecular formula is C13H20BrN3O. The molecule has 1 aliphatic carbocycles. The Kier molecular flexibility index (Phi) is 4.95. The molecule has 5 heteroatoms. The van der Waals surface area contributed by atoms with Crippen molar-refractivity contribution >= 4 is 21.7 Å². The van der Waals surface area contributed by atoms with Crippen molar-refractivity contribution in [2.24, 2.45) is 5.92 Å². The van der Waals surface area contributed by atoms with E-state index in [0.717, 1.165) is 41.9 Å². The van der Waals surface area contributed by atoms with Crippen LogP contribution in [0.3, 0.4) is 0 Å². The van der Waals surface area contributed by atoms with Gasteiger partial charge in [0.15, 0.2) is 0 Å². The molecule has 0 aliphatic heterocycles. The zero-order valence-electron chi connectivity index (χ0n) is 10.9. The lowest BCUT2D eigenvalue weighted by Crippen LogP contribution is -2.12. The van der Waals surface area contributed by atoms with E-state index in [4.69, 9.17) is 4.74 Å². The van der Waals surface area contributed by atoms with Gasteiger partial charge in [0, 0.05) is 25.1 Å². The van der Waals surface area contributed by atoms with Crippen LogP contribution in [0.25, 0.3) is 0 Å². The second-order valence-electron chi connectivity index (χ2n) is 5.03. The lowest BCUT2D eigenvalue weighted by Gasteiger charge is -2.10. The molecule has 0 radical (unpaired) electrons. The van der Waals surface area contributed by atoms with Crippen LogP contribution >= 0.6 is 15.9 Å². The van der Waals surface area contributed by atoms with E-state index in [1.54, 1.807) is 0 Å². The van der Waals surface area contributed by atoms with Gasteiger partial charge in [-0.25, -0.2) is 9.97 Å². The Balaban J connectivity index is 1.76. The van der Waals surface area contributed by atoms with Crippen molar-refractivity contribution in [1.82, 2.24) is 9.97 Å². The lowest BCUT2D eigenvalue weighted by atomic mass is 10.2. The summed E-state index contributed by atoms with van der Waals surface area (Å²) in [6, 6.07) is 1.90. The zero-order chi connectivity index (χ0) is 13.0. The van der Waals surface area contributed by atoms with Crippen LogP contribution in [0.15, 0.2) is 10.7 Å². The van der Waals surface area contributed by atoms with Crippen molar-refractivity contribution in [2.75, 3.05) is 25.1 Å². The maximum Gasteiger partial charge on any atom is 0.134 e. The maximum absolute atomic E-state index is 5.57. The van der Waals surface area contributed by atoms with E-state index in [2.05, 4.69) is 45.1 Å². The van der Waals surface area contributed by atoms with Gasteiger partial charge in [0.1, 0.15) is 16.2 Å². The highest BCUT2D eigenvalue weighted by Gasteiger charge is 2.20. The van der Waals surface area contributed by atoms with Gasteiger partial charge in [-0.15, -0.1) is 0 Å². The van der Waals surface area contributed by atoms with Crippen LogP contribution in [0.5, 0.6) is 0 Å². The van der Waals surface area contributed by atoms with Crippen LogP contribution in [-0.2, 0) is 4.74 Å². The van der Waals surface area contributed by atoms with Crippen molar-refractivity contribution in [3.8, 4) is 0 Å². The molecule has 0 atom stereocenters. The summed E-state index contributed by atoms with van der Waals surface area (Å²) in [7, 11) is 0. The molecule has 1 N–H and O–H groups in total. The van der Waals surface area contributed by atoms with Crippen LogP contribution in [0.4, 0.5) is 5.82 Å². The van der Waals surface area contributed by atoms with E-state index in [1.807, 2.05) is 6.07 Å². The molecule has 1 aromatic rings. The Morgan fingerprint density at radius 1 is 1.44 bits per heavy atom. The highest BCUT2D eigenvalue weighted by molar-refractivity contribution is 9.10. The number of aromatic nitrogens is 2. The zero-order valence-corrected chi connectivity index (χ0v) is 12.5. The van der Waals surface area contributed by atoms with Crippen molar-refractivity contribution in [2.45, 2.75) is 32.6 Å². The first-order chi connectivity index (χ1) is 8.65. The van der Waals surface area contributed by atoms with Crippen LogP contribution in [0, 0.1) is 5.92 Å². The molecular weight excluding hydrogens is 294 g/mol. The molecule has 1 saturated carbocycles. The van der Waals surface area contributed by atoms with Gasteiger partial charge in [0.25, 0.3) is 0 Å². The summed E-state index contributed by atoms with van der Waals surface area (Å²) >= 11 is 3.41. The molecule has 18 heavy (non-hydrogen) atoms. The van der Waals surface area contributed by atoms with Gasteiger partial charge < -0.3 is 10.1 Å². The summed E-state index contributed by atoms with van der Waals surface area (Å²) < 4.78 is 6.39. The molecule has 100 valence electrons. The molecule has 4 nitrogen and oxygen atoms in total. The van der Waals surface area contributed by atoms with Crippen LogP contribution < -0.4 is 5.32 Å². The number of ether oxygens (including phenoxy) is 1. The molecule has 0 unspecified atom stereocenters. The SMILES string of the molecule is CC(C)c1nc(Br)cc(NCCOCC2CC2)n1. The Hall–Kier alpha value is -0.680. The summed E-state index contributed by atoms with van der Waals surface area (Å²) in [5.41, 5.74) is 0. The van der Waals surface area contributed by atoms with Gasteiger partial charge in [-0.3, -0.25) is 0 Å². The third-order valence-corrected chi connectivity index (χ3v) is 3.24. The predicted molar refractivity (Wildman–Crippen MR) is 75.9 cm³/mol. The van der Waals surface area contributed by atoms with Gasteiger partial charge in [-0.1, -0.05) is 13.8 Å². The van der Waals surface area contributed by atoms with Crippen molar-refractivity contribution in [3.05, 3.63) is 16.5 Å². The van der Waals surface area contributed by atoms with E-state index in [-0.39, 0.29) is 0 Å². The number of halogens is 1. The van der Waals surface area contributed by atoms with Crippen LogP contribution in [-0.4, -0.2) is 29.7 Å². The fourth-order valence-electron chi connectivity index (χ4n) is 1.57.